The Bertz CT molecular complexity index is 452. The molecule has 86 valence electrons. The predicted octanol–water partition coefficient (Wildman–Crippen LogP) is 2.33. The molecule has 0 spiro atoms. The van der Waals surface area contributed by atoms with Gasteiger partial charge in [0.05, 0.1) is 6.07 Å². The van der Waals surface area contributed by atoms with E-state index in [1.807, 2.05) is 12.1 Å². The van der Waals surface area contributed by atoms with Crippen molar-refractivity contribution >= 4 is 0 Å². The number of nitrogens with zero attached hydrogens (tertiary/aromatic N) is 2. The Morgan fingerprint density at radius 3 is 2.47 bits per heavy atom. The van der Waals surface area contributed by atoms with E-state index in [-0.39, 0.29) is 6.79 Å². The summed E-state index contributed by atoms with van der Waals surface area (Å²) >= 11 is 0. The summed E-state index contributed by atoms with van der Waals surface area (Å²) in [6.45, 7) is 7.48. The van der Waals surface area contributed by atoms with Gasteiger partial charge in [-0.15, -0.1) is 0 Å². The van der Waals surface area contributed by atoms with Crippen molar-refractivity contribution in [3.63, 3.8) is 0 Å². The van der Waals surface area contributed by atoms with Crippen LogP contribution in [0.1, 0.15) is 17.5 Å². The number of rotatable bonds is 4. The number of ether oxygens (including phenoxy) is 2. The molecule has 0 amide bonds. The molecule has 0 unspecified atom stereocenters. The maximum atomic E-state index is 8.59. The summed E-state index contributed by atoms with van der Waals surface area (Å²) in [6.07, 6.45) is 1.82. The fourth-order valence-corrected chi connectivity index (χ4v) is 1.87. The van der Waals surface area contributed by atoms with E-state index in [2.05, 4.69) is 10.9 Å². The Hall–Kier alpha value is -2.20. The minimum Gasteiger partial charge on any atom is -0.453 e. The Morgan fingerprint density at radius 2 is 1.88 bits per heavy atom. The second-order valence-electron chi connectivity index (χ2n) is 3.74. The summed E-state index contributed by atoms with van der Waals surface area (Å²) < 4.78 is 10.9. The molecule has 17 heavy (non-hydrogen) atoms. The van der Waals surface area contributed by atoms with Crippen molar-refractivity contribution in [1.29, 1.82) is 5.26 Å². The number of hydrogen-bond donors (Lipinski definition) is 0. The molecular formula is C13H12N2O2. The van der Waals surface area contributed by atoms with Crippen LogP contribution >= 0.6 is 0 Å². The van der Waals surface area contributed by atoms with Gasteiger partial charge in [-0.05, 0) is 12.0 Å². The maximum Gasteiger partial charge on any atom is 0.231 e. The van der Waals surface area contributed by atoms with Gasteiger partial charge in [-0.3, -0.25) is 0 Å². The van der Waals surface area contributed by atoms with E-state index in [1.54, 1.807) is 0 Å². The Morgan fingerprint density at radius 1 is 1.24 bits per heavy atom. The first-order valence-corrected chi connectivity index (χ1v) is 5.47. The summed E-state index contributed by atoms with van der Waals surface area (Å²) in [5, 5.41) is 8.59. The second-order valence-corrected chi connectivity index (χ2v) is 3.74. The van der Waals surface area contributed by atoms with Gasteiger partial charge in [0, 0.05) is 18.4 Å². The van der Waals surface area contributed by atoms with Crippen LogP contribution in [0.4, 0.5) is 0 Å². The van der Waals surface area contributed by atoms with Crippen LogP contribution in [-0.2, 0) is 12.8 Å². The Kier molecular flexibility index (Phi) is 3.47. The molecule has 2 rings (SSSR count). The van der Waals surface area contributed by atoms with Crippen LogP contribution in [0.25, 0.3) is 4.85 Å². The first-order chi connectivity index (χ1) is 8.36. The van der Waals surface area contributed by atoms with Crippen LogP contribution in [0.5, 0.6) is 11.5 Å². The third kappa shape index (κ3) is 2.32. The van der Waals surface area contributed by atoms with Gasteiger partial charge >= 0.3 is 0 Å². The van der Waals surface area contributed by atoms with E-state index >= 15 is 0 Å². The first-order valence-electron chi connectivity index (χ1n) is 5.47. The lowest BCUT2D eigenvalue weighted by Crippen LogP contribution is -1.95. The van der Waals surface area contributed by atoms with Crippen LogP contribution in [0.2, 0.25) is 0 Å². The van der Waals surface area contributed by atoms with E-state index in [9.17, 15) is 0 Å². The lowest BCUT2D eigenvalue weighted by atomic mass is 10.0. The Labute approximate surface area is 100 Å². The van der Waals surface area contributed by atoms with Crippen molar-refractivity contribution in [2.45, 2.75) is 19.3 Å². The molecule has 4 nitrogen and oxygen atoms in total. The van der Waals surface area contributed by atoms with Gasteiger partial charge in [0.2, 0.25) is 13.3 Å². The van der Waals surface area contributed by atoms with Crippen LogP contribution in [0, 0.1) is 17.9 Å². The third-order valence-corrected chi connectivity index (χ3v) is 2.68. The fraction of sp³-hybridized carbons (Fsp3) is 0.385. The molecule has 1 aliphatic heterocycles. The quantitative estimate of drug-likeness (QED) is 0.743. The summed E-state index contributed by atoms with van der Waals surface area (Å²) in [7, 11) is 0. The van der Waals surface area contributed by atoms with Gasteiger partial charge in [0.1, 0.15) is 0 Å². The van der Waals surface area contributed by atoms with Crippen molar-refractivity contribution in [1.82, 2.24) is 0 Å². The minimum atomic E-state index is 0.226. The maximum absolute atomic E-state index is 8.59. The van der Waals surface area contributed by atoms with Gasteiger partial charge in [0.15, 0.2) is 11.5 Å². The second kappa shape index (κ2) is 5.23. The SMILES string of the molecule is [C-]#[N+]CCc1ccc(CCC#N)c2c1OCO2. The van der Waals surface area contributed by atoms with Crippen molar-refractivity contribution in [3.8, 4) is 17.6 Å². The molecule has 1 aromatic rings. The monoisotopic (exact) mass is 228 g/mol. The topological polar surface area (TPSA) is 46.6 Å². The molecule has 4 heteroatoms. The molecule has 0 radical (unpaired) electrons. The molecule has 1 aromatic carbocycles. The normalized spacial score (nSPS) is 11.9. The average Bonchev–Trinajstić information content (AvgIpc) is 2.83. The van der Waals surface area contributed by atoms with Crippen molar-refractivity contribution in [2.75, 3.05) is 13.3 Å². The average molecular weight is 228 g/mol. The summed E-state index contributed by atoms with van der Waals surface area (Å²) in [6, 6.07) is 6.05. The molecular weight excluding hydrogens is 216 g/mol. The summed E-state index contributed by atoms with van der Waals surface area (Å²) in [5.74, 6) is 1.51. The predicted molar refractivity (Wildman–Crippen MR) is 61.7 cm³/mol. The number of aryl methyl sites for hydroxylation is 1. The van der Waals surface area contributed by atoms with Crippen LogP contribution in [-0.4, -0.2) is 13.3 Å². The van der Waals surface area contributed by atoms with Crippen LogP contribution < -0.4 is 9.47 Å². The summed E-state index contributed by atoms with van der Waals surface area (Å²) in [5.41, 5.74) is 2.01. The highest BCUT2D eigenvalue weighted by Gasteiger charge is 2.21. The van der Waals surface area contributed by atoms with E-state index in [0.29, 0.717) is 25.8 Å². The van der Waals surface area contributed by atoms with E-state index < -0.39 is 0 Å². The lowest BCUT2D eigenvalue weighted by molar-refractivity contribution is 0.172. The molecule has 0 N–H and O–H groups in total. The van der Waals surface area contributed by atoms with E-state index in [4.69, 9.17) is 21.3 Å². The van der Waals surface area contributed by atoms with E-state index in [1.165, 1.54) is 0 Å². The minimum absolute atomic E-state index is 0.226. The van der Waals surface area contributed by atoms with Gasteiger partial charge in [-0.25, -0.2) is 6.57 Å². The number of nitriles is 1. The zero-order valence-electron chi connectivity index (χ0n) is 9.40. The highest BCUT2D eigenvalue weighted by Crippen LogP contribution is 2.39. The fourth-order valence-electron chi connectivity index (χ4n) is 1.87. The van der Waals surface area contributed by atoms with Crippen molar-refractivity contribution < 1.29 is 9.47 Å². The van der Waals surface area contributed by atoms with Crippen LogP contribution in [0.15, 0.2) is 12.1 Å². The number of benzene rings is 1. The highest BCUT2D eigenvalue weighted by molar-refractivity contribution is 5.53. The number of fused-ring (bicyclic) bond motifs is 1. The standard InChI is InChI=1S/C13H12N2O2/c1-15-8-6-11-5-4-10(3-2-7-14)12-13(11)17-9-16-12/h4-5H,2-3,6,8-9H2. The zero-order chi connectivity index (χ0) is 12.1. The molecule has 0 bridgehead atoms. The smallest absolute Gasteiger partial charge is 0.231 e. The molecule has 0 saturated heterocycles. The molecule has 0 atom stereocenters. The first kappa shape index (κ1) is 11.3. The van der Waals surface area contributed by atoms with Crippen LogP contribution in [0.3, 0.4) is 0 Å². The Balaban J connectivity index is 2.26. The van der Waals surface area contributed by atoms with Gasteiger partial charge < -0.3 is 14.3 Å². The molecule has 0 saturated carbocycles. The molecule has 0 fully saturated rings. The lowest BCUT2D eigenvalue weighted by Gasteiger charge is -2.07. The molecule has 1 aliphatic rings. The summed E-state index contributed by atoms with van der Waals surface area (Å²) in [4.78, 5) is 3.34. The molecule has 1 heterocycles. The van der Waals surface area contributed by atoms with Gasteiger partial charge in [-0.1, -0.05) is 12.1 Å². The third-order valence-electron chi connectivity index (χ3n) is 2.68. The van der Waals surface area contributed by atoms with E-state index in [0.717, 1.165) is 22.6 Å². The van der Waals surface area contributed by atoms with Gasteiger partial charge in [-0.2, -0.15) is 5.26 Å². The van der Waals surface area contributed by atoms with Crippen molar-refractivity contribution in [3.05, 3.63) is 34.7 Å². The van der Waals surface area contributed by atoms with Crippen molar-refractivity contribution in [2.24, 2.45) is 0 Å². The number of hydrogen-bond acceptors (Lipinski definition) is 3. The van der Waals surface area contributed by atoms with Gasteiger partial charge in [0.25, 0.3) is 0 Å². The molecule has 0 aromatic heterocycles. The molecule has 0 aliphatic carbocycles. The largest absolute Gasteiger partial charge is 0.453 e. The zero-order valence-corrected chi connectivity index (χ0v) is 9.40. The highest BCUT2D eigenvalue weighted by atomic mass is 16.7.